The van der Waals surface area contributed by atoms with Crippen LogP contribution >= 0.6 is 11.8 Å². The van der Waals surface area contributed by atoms with Crippen LogP contribution in [0.4, 0.5) is 5.82 Å². The van der Waals surface area contributed by atoms with Gasteiger partial charge in [0.15, 0.2) is 0 Å². The number of anilines is 1. The van der Waals surface area contributed by atoms with Gasteiger partial charge in [-0.2, -0.15) is 16.9 Å². The minimum Gasteiger partial charge on any atom is -0.379 e. The molecule has 3 rings (SSSR count). The second-order valence-electron chi connectivity index (χ2n) is 7.00. The van der Waals surface area contributed by atoms with Crippen LogP contribution in [0.1, 0.15) is 37.1 Å². The molecule has 0 saturated carbocycles. The van der Waals surface area contributed by atoms with Crippen LogP contribution in [-0.4, -0.2) is 40.9 Å². The molecule has 0 bridgehead atoms. The molecule has 2 aromatic rings. The highest BCUT2D eigenvalue weighted by atomic mass is 32.2. The van der Waals surface area contributed by atoms with Gasteiger partial charge in [0, 0.05) is 30.2 Å². The topological polar surface area (TPSA) is 85.2 Å². The lowest BCUT2D eigenvalue weighted by molar-refractivity contribution is -0.136. The van der Waals surface area contributed by atoms with Gasteiger partial charge in [-0.15, -0.1) is 0 Å². The van der Waals surface area contributed by atoms with Crippen LogP contribution in [0.5, 0.6) is 0 Å². The van der Waals surface area contributed by atoms with Crippen molar-refractivity contribution < 1.29 is 14.3 Å². The van der Waals surface area contributed by atoms with Crippen molar-refractivity contribution in [1.29, 1.82) is 0 Å². The van der Waals surface area contributed by atoms with E-state index in [-0.39, 0.29) is 6.10 Å². The third-order valence-electron chi connectivity index (χ3n) is 4.29. The second kappa shape index (κ2) is 9.25. The van der Waals surface area contributed by atoms with Crippen molar-refractivity contribution in [2.75, 3.05) is 18.5 Å². The Balaban J connectivity index is 1.68. The molecule has 1 aromatic heterocycles. The molecule has 150 valence electrons. The largest absolute Gasteiger partial charge is 0.379 e. The quantitative estimate of drug-likeness (QED) is 0.549. The van der Waals surface area contributed by atoms with Crippen molar-refractivity contribution in [2.45, 2.75) is 44.8 Å². The highest BCUT2D eigenvalue weighted by molar-refractivity contribution is 7.98. The maximum absolute atomic E-state index is 12.4. The van der Waals surface area contributed by atoms with E-state index in [1.165, 1.54) is 0 Å². The lowest BCUT2D eigenvalue weighted by atomic mass is 10.2. The van der Waals surface area contributed by atoms with Gasteiger partial charge in [-0.25, -0.2) is 4.68 Å². The molecule has 2 heterocycles. The summed E-state index contributed by atoms with van der Waals surface area (Å²) in [5.41, 5.74) is 3.90. The number of nitrogens with one attached hydrogen (secondary N) is 2. The number of aromatic nitrogens is 2. The standard InChI is InChI=1S/C20H26N4O3S/c1-13(2)27-9-5-8-21-19(25)20(26)22-18-16-11-28-12-17(16)23-24(18)15-7-4-6-14(3)10-15/h4,6-7,10,13H,5,8-9,11-12H2,1-3H3,(H,21,25)(H,22,26). The van der Waals surface area contributed by atoms with Gasteiger partial charge in [0.05, 0.1) is 17.5 Å². The summed E-state index contributed by atoms with van der Waals surface area (Å²) in [5, 5.41) is 10.1. The number of amides is 2. The number of ether oxygens (including phenoxy) is 1. The van der Waals surface area contributed by atoms with E-state index < -0.39 is 11.8 Å². The van der Waals surface area contributed by atoms with Crippen molar-refractivity contribution in [2.24, 2.45) is 0 Å². The number of aryl methyl sites for hydroxylation is 1. The minimum absolute atomic E-state index is 0.154. The normalized spacial score (nSPS) is 12.9. The predicted molar refractivity (Wildman–Crippen MR) is 111 cm³/mol. The lowest BCUT2D eigenvalue weighted by Gasteiger charge is -2.12. The van der Waals surface area contributed by atoms with E-state index >= 15 is 0 Å². The maximum atomic E-state index is 12.4. The van der Waals surface area contributed by atoms with Gasteiger partial charge in [0.2, 0.25) is 0 Å². The van der Waals surface area contributed by atoms with Crippen molar-refractivity contribution >= 4 is 29.4 Å². The van der Waals surface area contributed by atoms with Crippen LogP contribution in [0, 0.1) is 6.92 Å². The first-order chi connectivity index (χ1) is 13.5. The Kier molecular flexibility index (Phi) is 6.74. The molecule has 8 heteroatoms. The Morgan fingerprint density at radius 3 is 2.86 bits per heavy atom. The Bertz CT molecular complexity index is 863. The maximum Gasteiger partial charge on any atom is 0.314 e. The zero-order valence-corrected chi connectivity index (χ0v) is 17.3. The van der Waals surface area contributed by atoms with Gasteiger partial charge >= 0.3 is 11.8 Å². The molecule has 1 aliphatic heterocycles. The van der Waals surface area contributed by atoms with Crippen LogP contribution in [0.15, 0.2) is 24.3 Å². The van der Waals surface area contributed by atoms with Gasteiger partial charge in [0.1, 0.15) is 5.82 Å². The van der Waals surface area contributed by atoms with Gasteiger partial charge in [0.25, 0.3) is 0 Å². The summed E-state index contributed by atoms with van der Waals surface area (Å²) in [4.78, 5) is 24.6. The number of carbonyl (C=O) groups excluding carboxylic acids is 2. The third-order valence-corrected chi connectivity index (χ3v) is 5.26. The van der Waals surface area contributed by atoms with E-state index in [9.17, 15) is 9.59 Å². The number of fused-ring (bicyclic) bond motifs is 1. The fourth-order valence-corrected chi connectivity index (χ4v) is 3.96. The molecular formula is C20H26N4O3S. The van der Waals surface area contributed by atoms with E-state index in [0.717, 1.165) is 34.0 Å². The molecule has 2 N–H and O–H groups in total. The fourth-order valence-electron chi connectivity index (χ4n) is 2.93. The molecule has 2 amide bonds. The number of rotatable bonds is 7. The Labute approximate surface area is 169 Å². The molecule has 0 fully saturated rings. The molecule has 0 radical (unpaired) electrons. The van der Waals surface area contributed by atoms with Crippen LogP contribution in [-0.2, 0) is 25.8 Å². The average molecular weight is 403 g/mol. The zero-order valence-electron chi connectivity index (χ0n) is 16.4. The summed E-state index contributed by atoms with van der Waals surface area (Å²) < 4.78 is 7.15. The zero-order chi connectivity index (χ0) is 20.1. The van der Waals surface area contributed by atoms with Crippen molar-refractivity contribution in [3.8, 4) is 5.69 Å². The van der Waals surface area contributed by atoms with E-state index in [1.807, 2.05) is 45.0 Å². The van der Waals surface area contributed by atoms with Crippen LogP contribution in [0.3, 0.4) is 0 Å². The van der Waals surface area contributed by atoms with Gasteiger partial charge in [-0.1, -0.05) is 12.1 Å². The Hall–Kier alpha value is -2.32. The lowest BCUT2D eigenvalue weighted by Crippen LogP contribution is -2.36. The SMILES string of the molecule is Cc1cccc(-n2nc3c(c2NC(=O)C(=O)NCCCOC(C)C)CSC3)c1. The number of nitrogens with zero attached hydrogens (tertiary/aromatic N) is 2. The van der Waals surface area contributed by atoms with E-state index in [1.54, 1.807) is 16.4 Å². The summed E-state index contributed by atoms with van der Waals surface area (Å²) in [6.45, 7) is 6.86. The van der Waals surface area contributed by atoms with Crippen molar-refractivity contribution in [1.82, 2.24) is 15.1 Å². The average Bonchev–Trinajstić information content (AvgIpc) is 3.23. The van der Waals surface area contributed by atoms with Crippen LogP contribution in [0.25, 0.3) is 5.69 Å². The smallest absolute Gasteiger partial charge is 0.314 e. The molecule has 1 aliphatic rings. The van der Waals surface area contributed by atoms with Gasteiger partial charge < -0.3 is 15.4 Å². The highest BCUT2D eigenvalue weighted by Gasteiger charge is 2.26. The van der Waals surface area contributed by atoms with Crippen molar-refractivity contribution in [3.05, 3.63) is 41.1 Å². The fraction of sp³-hybridized carbons (Fsp3) is 0.450. The summed E-state index contributed by atoms with van der Waals surface area (Å²) in [6, 6.07) is 7.89. The van der Waals surface area contributed by atoms with Gasteiger partial charge in [-0.3, -0.25) is 9.59 Å². The van der Waals surface area contributed by atoms with Crippen molar-refractivity contribution in [3.63, 3.8) is 0 Å². The highest BCUT2D eigenvalue weighted by Crippen LogP contribution is 2.36. The number of hydrogen-bond donors (Lipinski definition) is 2. The number of carbonyl (C=O) groups is 2. The molecular weight excluding hydrogens is 376 g/mol. The van der Waals surface area contributed by atoms with Crippen LogP contribution < -0.4 is 10.6 Å². The Morgan fingerprint density at radius 2 is 2.11 bits per heavy atom. The molecule has 0 aliphatic carbocycles. The first kappa shape index (κ1) is 20.4. The molecule has 7 nitrogen and oxygen atoms in total. The van der Waals surface area contributed by atoms with E-state index in [0.29, 0.717) is 25.4 Å². The molecule has 0 atom stereocenters. The molecule has 0 unspecified atom stereocenters. The number of hydrogen-bond acceptors (Lipinski definition) is 5. The first-order valence-corrected chi connectivity index (χ1v) is 10.6. The Morgan fingerprint density at radius 1 is 1.29 bits per heavy atom. The summed E-state index contributed by atoms with van der Waals surface area (Å²) >= 11 is 1.75. The van der Waals surface area contributed by atoms with Crippen LogP contribution in [0.2, 0.25) is 0 Å². The second-order valence-corrected chi connectivity index (χ2v) is 7.99. The molecule has 0 spiro atoms. The third kappa shape index (κ3) is 4.94. The predicted octanol–water partition coefficient (Wildman–Crippen LogP) is 2.80. The monoisotopic (exact) mass is 402 g/mol. The van der Waals surface area contributed by atoms with E-state index in [4.69, 9.17) is 4.74 Å². The number of thioether (sulfide) groups is 1. The number of benzene rings is 1. The summed E-state index contributed by atoms with van der Waals surface area (Å²) in [5.74, 6) is 0.817. The summed E-state index contributed by atoms with van der Waals surface area (Å²) in [7, 11) is 0. The summed E-state index contributed by atoms with van der Waals surface area (Å²) in [6.07, 6.45) is 0.811. The van der Waals surface area contributed by atoms with E-state index in [2.05, 4.69) is 15.7 Å². The first-order valence-electron chi connectivity index (χ1n) is 9.42. The minimum atomic E-state index is -0.682. The molecule has 28 heavy (non-hydrogen) atoms. The molecule has 0 saturated heterocycles. The van der Waals surface area contributed by atoms with Gasteiger partial charge in [-0.05, 0) is 44.9 Å². The molecule has 1 aromatic carbocycles.